The number of ketones is 1. The lowest BCUT2D eigenvalue weighted by atomic mass is 10.1. The summed E-state index contributed by atoms with van der Waals surface area (Å²) in [7, 11) is 0. The molecule has 1 atom stereocenters. The summed E-state index contributed by atoms with van der Waals surface area (Å²) in [6.45, 7) is 1.13. The largest absolute Gasteiger partial charge is 0.469 e. The van der Waals surface area contributed by atoms with E-state index in [4.69, 9.17) is 14.6 Å². The van der Waals surface area contributed by atoms with E-state index in [1.165, 1.54) is 12.3 Å². The molecule has 0 aromatic carbocycles. The molecule has 1 rings (SSSR count). The third kappa shape index (κ3) is 1.72. The Balaban J connectivity index is 2.78. The van der Waals surface area contributed by atoms with Gasteiger partial charge in [0.1, 0.15) is 18.1 Å². The number of carbonyl (C=O) groups excluding carboxylic acids is 1. The Morgan fingerprint density at radius 1 is 1.75 bits per heavy atom. The summed E-state index contributed by atoms with van der Waals surface area (Å²) in [5.74, 6) is 0.0813. The van der Waals surface area contributed by atoms with Gasteiger partial charge in [0.2, 0.25) is 0 Å². The molecule has 0 aliphatic heterocycles. The monoisotopic (exact) mass is 170 g/mol. The van der Waals surface area contributed by atoms with E-state index in [2.05, 4.69) is 0 Å². The normalized spacial score (nSPS) is 12.9. The average molecular weight is 170 g/mol. The zero-order valence-corrected chi connectivity index (χ0v) is 6.65. The van der Waals surface area contributed by atoms with Gasteiger partial charge in [0.05, 0.1) is 12.2 Å². The van der Waals surface area contributed by atoms with Crippen LogP contribution >= 0.6 is 0 Å². The van der Waals surface area contributed by atoms with Gasteiger partial charge in [-0.15, -0.1) is 0 Å². The highest BCUT2D eigenvalue weighted by atomic mass is 16.3. The van der Waals surface area contributed by atoms with Crippen molar-refractivity contribution in [2.45, 2.75) is 13.0 Å². The average Bonchev–Trinajstić information content (AvgIpc) is 2.49. The van der Waals surface area contributed by atoms with Gasteiger partial charge in [-0.2, -0.15) is 0 Å². The van der Waals surface area contributed by atoms with Gasteiger partial charge in [-0.3, -0.25) is 4.79 Å². The first-order valence-corrected chi connectivity index (χ1v) is 3.53. The lowest BCUT2D eigenvalue weighted by molar-refractivity contribution is 0.0587. The predicted molar refractivity (Wildman–Crippen MR) is 40.9 cm³/mol. The minimum Gasteiger partial charge on any atom is -0.469 e. The van der Waals surface area contributed by atoms with E-state index in [9.17, 15) is 4.79 Å². The van der Waals surface area contributed by atoms with Crippen LogP contribution in [0.25, 0.3) is 0 Å². The van der Waals surface area contributed by atoms with Gasteiger partial charge in [-0.05, 0) is 13.0 Å². The van der Waals surface area contributed by atoms with Crippen molar-refractivity contribution in [3.63, 3.8) is 0 Å². The molecule has 0 saturated carbocycles. The Bertz CT molecular complexity index is 276. The van der Waals surface area contributed by atoms with Crippen LogP contribution in [0, 0.1) is 6.92 Å². The molecule has 1 heterocycles. The topological polar surface area (TPSA) is 70.7 Å². The van der Waals surface area contributed by atoms with Crippen LogP contribution in [0.15, 0.2) is 16.7 Å². The first-order valence-electron chi connectivity index (χ1n) is 3.53. The zero-order chi connectivity index (χ0) is 9.14. The fourth-order valence-electron chi connectivity index (χ4n) is 0.848. The van der Waals surface area contributed by atoms with Gasteiger partial charge in [-0.1, -0.05) is 0 Å². The summed E-state index contributed by atoms with van der Waals surface area (Å²) in [5, 5.41) is 17.4. The molecular formula is C8H10O4. The summed E-state index contributed by atoms with van der Waals surface area (Å²) in [5.41, 5.74) is 0.286. The molecule has 0 fully saturated rings. The molecule has 0 aliphatic rings. The number of aryl methyl sites for hydroxylation is 1. The van der Waals surface area contributed by atoms with Crippen LogP contribution in [0.3, 0.4) is 0 Å². The van der Waals surface area contributed by atoms with Crippen LogP contribution in [0.5, 0.6) is 0 Å². The minimum atomic E-state index is -1.35. The molecule has 1 unspecified atom stereocenters. The van der Waals surface area contributed by atoms with E-state index in [1.807, 2.05) is 0 Å². The fraction of sp³-hybridized carbons (Fsp3) is 0.375. The summed E-state index contributed by atoms with van der Waals surface area (Å²) in [6, 6.07) is 1.52. The van der Waals surface area contributed by atoms with E-state index in [0.717, 1.165) is 0 Å². The van der Waals surface area contributed by atoms with Crippen LogP contribution < -0.4 is 0 Å². The third-order valence-electron chi connectivity index (χ3n) is 1.49. The van der Waals surface area contributed by atoms with Crippen LogP contribution in [0.2, 0.25) is 0 Å². The van der Waals surface area contributed by atoms with Gasteiger partial charge < -0.3 is 14.6 Å². The number of aliphatic hydroxyl groups is 2. The highest BCUT2D eigenvalue weighted by molar-refractivity contribution is 5.99. The van der Waals surface area contributed by atoms with Crippen molar-refractivity contribution >= 4 is 5.78 Å². The van der Waals surface area contributed by atoms with Crippen LogP contribution in [0.1, 0.15) is 16.1 Å². The van der Waals surface area contributed by atoms with Crippen molar-refractivity contribution in [2.24, 2.45) is 0 Å². The molecule has 1 aromatic rings. The molecule has 4 nitrogen and oxygen atoms in total. The highest BCUT2D eigenvalue weighted by Crippen LogP contribution is 2.08. The summed E-state index contributed by atoms with van der Waals surface area (Å²) < 4.78 is 4.87. The fourth-order valence-corrected chi connectivity index (χ4v) is 0.848. The Morgan fingerprint density at radius 3 is 2.83 bits per heavy atom. The molecule has 0 spiro atoms. The molecule has 0 amide bonds. The summed E-state index contributed by atoms with van der Waals surface area (Å²) in [4.78, 5) is 11.1. The summed E-state index contributed by atoms with van der Waals surface area (Å²) in [6.07, 6.45) is -0.0849. The molecule has 0 bridgehead atoms. The molecule has 2 N–H and O–H groups in total. The smallest absolute Gasteiger partial charge is 0.196 e. The maximum absolute atomic E-state index is 11.1. The Morgan fingerprint density at radius 2 is 2.42 bits per heavy atom. The zero-order valence-electron chi connectivity index (χ0n) is 6.65. The van der Waals surface area contributed by atoms with Crippen molar-refractivity contribution in [2.75, 3.05) is 6.61 Å². The maximum atomic E-state index is 11.1. The second-order valence-electron chi connectivity index (χ2n) is 2.51. The number of rotatable bonds is 3. The number of furan rings is 1. The Hall–Kier alpha value is -1.13. The van der Waals surface area contributed by atoms with Gasteiger partial charge in [0, 0.05) is 0 Å². The van der Waals surface area contributed by atoms with Crippen LogP contribution in [-0.2, 0) is 0 Å². The first kappa shape index (κ1) is 8.96. The molecule has 0 radical (unpaired) electrons. The van der Waals surface area contributed by atoms with Crippen molar-refractivity contribution in [1.29, 1.82) is 0 Å². The maximum Gasteiger partial charge on any atom is 0.196 e. The van der Waals surface area contributed by atoms with Crippen molar-refractivity contribution in [1.82, 2.24) is 0 Å². The Labute approximate surface area is 69.4 Å². The second kappa shape index (κ2) is 3.51. The van der Waals surface area contributed by atoms with E-state index in [1.54, 1.807) is 6.92 Å². The predicted octanol–water partition coefficient (Wildman–Crippen LogP) is 0.124. The minimum absolute atomic E-state index is 0.286. The molecule has 66 valence electrons. The number of carbonyl (C=O) groups is 1. The third-order valence-corrected chi connectivity index (χ3v) is 1.49. The number of aliphatic hydroxyl groups excluding tert-OH is 2. The van der Waals surface area contributed by atoms with E-state index >= 15 is 0 Å². The van der Waals surface area contributed by atoms with E-state index < -0.39 is 18.5 Å². The Kier molecular flexibility index (Phi) is 2.62. The molecule has 4 heteroatoms. The van der Waals surface area contributed by atoms with Gasteiger partial charge in [-0.25, -0.2) is 0 Å². The molecule has 0 aliphatic carbocycles. The summed E-state index contributed by atoms with van der Waals surface area (Å²) >= 11 is 0. The lowest BCUT2D eigenvalue weighted by Gasteiger charge is -2.01. The first-order chi connectivity index (χ1) is 5.65. The van der Waals surface area contributed by atoms with Crippen LogP contribution in [-0.4, -0.2) is 28.7 Å². The number of hydrogen-bond donors (Lipinski definition) is 2. The standard InChI is InChI=1S/C8H10O4/c1-5-2-6(4-12-5)8(11)7(10)3-9/h2,4,7,9-10H,3H2,1H3. The molecular weight excluding hydrogens is 160 g/mol. The van der Waals surface area contributed by atoms with Crippen LogP contribution in [0.4, 0.5) is 0 Å². The van der Waals surface area contributed by atoms with Gasteiger partial charge >= 0.3 is 0 Å². The van der Waals surface area contributed by atoms with Gasteiger partial charge in [0.15, 0.2) is 5.78 Å². The molecule has 0 saturated heterocycles. The number of hydrogen-bond acceptors (Lipinski definition) is 4. The second-order valence-corrected chi connectivity index (χ2v) is 2.51. The van der Waals surface area contributed by atoms with E-state index in [-0.39, 0.29) is 5.56 Å². The van der Waals surface area contributed by atoms with Crippen molar-refractivity contribution in [3.8, 4) is 0 Å². The highest BCUT2D eigenvalue weighted by Gasteiger charge is 2.17. The SMILES string of the molecule is Cc1cc(C(=O)C(O)CO)co1. The number of Topliss-reactive ketones (excluding diaryl/α,β-unsaturated/α-hetero) is 1. The lowest BCUT2D eigenvalue weighted by Crippen LogP contribution is -2.23. The quantitative estimate of drug-likeness (QED) is 0.632. The molecule has 1 aromatic heterocycles. The van der Waals surface area contributed by atoms with Crippen molar-refractivity contribution in [3.05, 3.63) is 23.7 Å². The van der Waals surface area contributed by atoms with Gasteiger partial charge in [0.25, 0.3) is 0 Å². The van der Waals surface area contributed by atoms with Crippen molar-refractivity contribution < 1.29 is 19.4 Å². The van der Waals surface area contributed by atoms with E-state index in [0.29, 0.717) is 5.76 Å². The molecule has 12 heavy (non-hydrogen) atoms.